The normalized spacial score (nSPS) is 13.2. The Morgan fingerprint density at radius 3 is 1.62 bits per heavy atom. The molecular formula is C13H26BrNO. The van der Waals surface area contributed by atoms with Crippen molar-refractivity contribution in [3.8, 4) is 0 Å². The van der Waals surface area contributed by atoms with Gasteiger partial charge in [0.1, 0.15) is 0 Å². The molecule has 96 valence electrons. The number of halogens is 1. The first-order chi connectivity index (χ1) is 7.34. The SMILES string of the molecule is CC(C)CCN(CCC(C)C)C(=O)C(C)Br. The number of rotatable bonds is 7. The highest BCUT2D eigenvalue weighted by molar-refractivity contribution is 9.10. The highest BCUT2D eigenvalue weighted by Gasteiger charge is 2.18. The van der Waals surface area contributed by atoms with E-state index >= 15 is 0 Å². The molecule has 1 amide bonds. The monoisotopic (exact) mass is 291 g/mol. The van der Waals surface area contributed by atoms with Crippen molar-refractivity contribution in [1.82, 2.24) is 4.90 Å². The average molecular weight is 292 g/mol. The minimum atomic E-state index is -0.0631. The third kappa shape index (κ3) is 7.26. The number of alkyl halides is 1. The van der Waals surface area contributed by atoms with E-state index in [0.717, 1.165) is 25.9 Å². The van der Waals surface area contributed by atoms with Crippen molar-refractivity contribution in [3.63, 3.8) is 0 Å². The highest BCUT2D eigenvalue weighted by Crippen LogP contribution is 2.10. The summed E-state index contributed by atoms with van der Waals surface area (Å²) in [5.74, 6) is 1.53. The van der Waals surface area contributed by atoms with E-state index in [1.54, 1.807) is 0 Å². The van der Waals surface area contributed by atoms with Crippen LogP contribution in [-0.2, 0) is 4.79 Å². The Morgan fingerprint density at radius 2 is 1.38 bits per heavy atom. The molecule has 0 aliphatic carbocycles. The minimum Gasteiger partial charge on any atom is -0.342 e. The summed E-state index contributed by atoms with van der Waals surface area (Å²) in [6.45, 7) is 12.5. The predicted molar refractivity (Wildman–Crippen MR) is 73.9 cm³/mol. The predicted octanol–water partition coefficient (Wildman–Crippen LogP) is 3.69. The van der Waals surface area contributed by atoms with Crippen LogP contribution >= 0.6 is 15.9 Å². The first-order valence-corrected chi connectivity index (χ1v) is 7.19. The Morgan fingerprint density at radius 1 is 1.00 bits per heavy atom. The molecule has 0 saturated heterocycles. The second kappa shape index (κ2) is 8.10. The molecule has 3 heteroatoms. The quantitative estimate of drug-likeness (QED) is 0.655. The van der Waals surface area contributed by atoms with Crippen LogP contribution in [0.15, 0.2) is 0 Å². The largest absolute Gasteiger partial charge is 0.342 e. The summed E-state index contributed by atoms with van der Waals surface area (Å²) < 4.78 is 0. The maximum Gasteiger partial charge on any atom is 0.236 e. The molecule has 0 rings (SSSR count). The first kappa shape index (κ1) is 16.0. The van der Waals surface area contributed by atoms with Gasteiger partial charge in [0, 0.05) is 13.1 Å². The zero-order valence-electron chi connectivity index (χ0n) is 11.3. The summed E-state index contributed by atoms with van der Waals surface area (Å²) in [5.41, 5.74) is 0. The molecule has 0 aromatic carbocycles. The molecule has 0 saturated carbocycles. The number of hydrogen-bond acceptors (Lipinski definition) is 1. The van der Waals surface area contributed by atoms with Crippen molar-refractivity contribution < 1.29 is 4.79 Å². The fourth-order valence-electron chi connectivity index (χ4n) is 1.41. The van der Waals surface area contributed by atoms with Crippen LogP contribution in [-0.4, -0.2) is 28.7 Å². The highest BCUT2D eigenvalue weighted by atomic mass is 79.9. The number of carbonyl (C=O) groups excluding carboxylic acids is 1. The van der Waals surface area contributed by atoms with Gasteiger partial charge < -0.3 is 4.90 Å². The lowest BCUT2D eigenvalue weighted by Crippen LogP contribution is -2.38. The molecule has 0 heterocycles. The summed E-state index contributed by atoms with van der Waals surface area (Å²) >= 11 is 3.36. The molecule has 0 aromatic heterocycles. The average Bonchev–Trinajstić information content (AvgIpc) is 2.16. The second-order valence-corrected chi connectivity index (χ2v) is 6.68. The van der Waals surface area contributed by atoms with Crippen molar-refractivity contribution in [2.75, 3.05) is 13.1 Å². The standard InChI is InChI=1S/C13H26BrNO/c1-10(2)6-8-15(9-7-11(3)4)13(16)12(5)14/h10-12H,6-9H2,1-5H3. The van der Waals surface area contributed by atoms with Crippen molar-refractivity contribution in [3.05, 3.63) is 0 Å². The number of amides is 1. The van der Waals surface area contributed by atoms with Crippen LogP contribution < -0.4 is 0 Å². The van der Waals surface area contributed by atoms with Gasteiger partial charge in [-0.2, -0.15) is 0 Å². The van der Waals surface area contributed by atoms with E-state index in [1.165, 1.54) is 0 Å². The Bertz CT molecular complexity index is 190. The number of hydrogen-bond donors (Lipinski definition) is 0. The van der Waals surface area contributed by atoms with Crippen LogP contribution in [0.4, 0.5) is 0 Å². The van der Waals surface area contributed by atoms with Gasteiger partial charge in [0.25, 0.3) is 0 Å². The van der Waals surface area contributed by atoms with Gasteiger partial charge in [0.05, 0.1) is 4.83 Å². The third-order valence-corrected chi connectivity index (χ3v) is 3.00. The molecule has 1 atom stereocenters. The fourth-order valence-corrected chi connectivity index (χ4v) is 1.70. The Hall–Kier alpha value is -0.0500. The van der Waals surface area contributed by atoms with Crippen LogP contribution in [0.5, 0.6) is 0 Å². The zero-order chi connectivity index (χ0) is 12.7. The van der Waals surface area contributed by atoms with Gasteiger partial charge in [-0.25, -0.2) is 0 Å². The molecule has 1 unspecified atom stereocenters. The fraction of sp³-hybridized carbons (Fsp3) is 0.923. The lowest BCUT2D eigenvalue weighted by Gasteiger charge is -2.25. The molecule has 0 N–H and O–H groups in total. The summed E-state index contributed by atoms with van der Waals surface area (Å²) in [6.07, 6.45) is 2.17. The lowest BCUT2D eigenvalue weighted by atomic mass is 10.1. The second-order valence-electron chi connectivity index (χ2n) is 5.31. The molecule has 0 aliphatic heterocycles. The van der Waals surface area contributed by atoms with Gasteiger partial charge in [-0.15, -0.1) is 0 Å². The summed E-state index contributed by atoms with van der Waals surface area (Å²) in [5, 5.41) is 0. The van der Waals surface area contributed by atoms with Gasteiger partial charge in [-0.3, -0.25) is 4.79 Å². The van der Waals surface area contributed by atoms with Crippen LogP contribution in [0.3, 0.4) is 0 Å². The van der Waals surface area contributed by atoms with Crippen LogP contribution in [0, 0.1) is 11.8 Å². The van der Waals surface area contributed by atoms with Crippen molar-refractivity contribution in [1.29, 1.82) is 0 Å². The number of carbonyl (C=O) groups is 1. The van der Waals surface area contributed by atoms with Crippen LogP contribution in [0.25, 0.3) is 0 Å². The van der Waals surface area contributed by atoms with E-state index < -0.39 is 0 Å². The van der Waals surface area contributed by atoms with Crippen LogP contribution in [0.1, 0.15) is 47.5 Å². The Labute approximate surface area is 109 Å². The smallest absolute Gasteiger partial charge is 0.236 e. The van der Waals surface area contributed by atoms with E-state index in [9.17, 15) is 4.79 Å². The van der Waals surface area contributed by atoms with Crippen molar-refractivity contribution >= 4 is 21.8 Å². The topological polar surface area (TPSA) is 20.3 Å². The van der Waals surface area contributed by atoms with E-state index in [-0.39, 0.29) is 10.7 Å². The van der Waals surface area contributed by atoms with Gasteiger partial charge >= 0.3 is 0 Å². The summed E-state index contributed by atoms with van der Waals surface area (Å²) in [6, 6.07) is 0. The van der Waals surface area contributed by atoms with Gasteiger partial charge in [0.2, 0.25) is 5.91 Å². The van der Waals surface area contributed by atoms with Gasteiger partial charge in [-0.05, 0) is 31.6 Å². The number of nitrogens with zero attached hydrogens (tertiary/aromatic N) is 1. The van der Waals surface area contributed by atoms with Crippen molar-refractivity contribution in [2.24, 2.45) is 11.8 Å². The van der Waals surface area contributed by atoms with E-state index in [2.05, 4.69) is 43.6 Å². The molecule has 0 fully saturated rings. The summed E-state index contributed by atoms with van der Waals surface area (Å²) in [7, 11) is 0. The van der Waals surface area contributed by atoms with E-state index in [1.807, 2.05) is 11.8 Å². The maximum atomic E-state index is 11.9. The molecule has 0 spiro atoms. The first-order valence-electron chi connectivity index (χ1n) is 6.27. The maximum absolute atomic E-state index is 11.9. The third-order valence-electron chi connectivity index (χ3n) is 2.60. The molecule has 2 nitrogen and oxygen atoms in total. The zero-order valence-corrected chi connectivity index (χ0v) is 12.9. The van der Waals surface area contributed by atoms with E-state index in [4.69, 9.17) is 0 Å². The van der Waals surface area contributed by atoms with E-state index in [0.29, 0.717) is 11.8 Å². The Kier molecular flexibility index (Phi) is 8.08. The minimum absolute atomic E-state index is 0.0631. The van der Waals surface area contributed by atoms with Gasteiger partial charge in [-0.1, -0.05) is 43.6 Å². The molecule has 0 aliphatic rings. The summed E-state index contributed by atoms with van der Waals surface area (Å²) in [4.78, 5) is 13.9. The molecule has 0 radical (unpaired) electrons. The van der Waals surface area contributed by atoms with Crippen molar-refractivity contribution in [2.45, 2.75) is 52.3 Å². The molecular weight excluding hydrogens is 266 g/mol. The lowest BCUT2D eigenvalue weighted by molar-refractivity contribution is -0.130. The van der Waals surface area contributed by atoms with Gasteiger partial charge in [0.15, 0.2) is 0 Å². The Balaban J connectivity index is 4.21. The molecule has 0 bridgehead atoms. The molecule has 16 heavy (non-hydrogen) atoms. The molecule has 0 aromatic rings. The van der Waals surface area contributed by atoms with Crippen LogP contribution in [0.2, 0.25) is 0 Å².